The molecular formula is C10H16O4. The van der Waals surface area contributed by atoms with Gasteiger partial charge in [-0.05, 0) is 19.8 Å². The number of aliphatic hydroxyl groups excluding tert-OH is 1. The van der Waals surface area contributed by atoms with E-state index in [1.54, 1.807) is 6.92 Å². The average Bonchev–Trinajstić information content (AvgIpc) is 2.67. The van der Waals surface area contributed by atoms with E-state index >= 15 is 0 Å². The highest BCUT2D eigenvalue weighted by Crippen LogP contribution is 2.68. The first-order valence-electron chi connectivity index (χ1n) is 5.20. The summed E-state index contributed by atoms with van der Waals surface area (Å²) in [6, 6.07) is 0. The summed E-state index contributed by atoms with van der Waals surface area (Å²) in [4.78, 5) is 0. The molecule has 3 rings (SSSR count). The second-order valence-electron chi connectivity index (χ2n) is 5.03. The minimum atomic E-state index is -1.14. The summed E-state index contributed by atoms with van der Waals surface area (Å²) < 4.78 is 10.8. The van der Waals surface area contributed by atoms with E-state index in [-0.39, 0.29) is 10.8 Å². The van der Waals surface area contributed by atoms with Crippen LogP contribution in [0.15, 0.2) is 0 Å². The zero-order valence-corrected chi connectivity index (χ0v) is 8.32. The average molecular weight is 200 g/mol. The first kappa shape index (κ1) is 9.09. The molecule has 0 bridgehead atoms. The van der Waals surface area contributed by atoms with Gasteiger partial charge in [-0.1, -0.05) is 6.42 Å². The summed E-state index contributed by atoms with van der Waals surface area (Å²) in [5.41, 5.74) is -0.726. The molecular weight excluding hydrogens is 184 g/mol. The maximum Gasteiger partial charge on any atom is 0.171 e. The third-order valence-electron chi connectivity index (χ3n) is 4.64. The monoisotopic (exact) mass is 200 g/mol. The van der Waals surface area contributed by atoms with Crippen LogP contribution in [0.1, 0.15) is 26.2 Å². The Labute approximate surface area is 82.8 Å². The SMILES string of the molecule is CC1(O)OC[C@]23CCCC12COC3O. The second-order valence-corrected chi connectivity index (χ2v) is 5.03. The topological polar surface area (TPSA) is 58.9 Å². The molecule has 3 aliphatic rings. The summed E-state index contributed by atoms with van der Waals surface area (Å²) in [5.74, 6) is -1.14. The van der Waals surface area contributed by atoms with Gasteiger partial charge in [0, 0.05) is 0 Å². The molecule has 4 nitrogen and oxygen atoms in total. The molecule has 2 N–H and O–H groups in total. The van der Waals surface area contributed by atoms with E-state index in [1.165, 1.54) is 0 Å². The molecule has 0 radical (unpaired) electrons. The van der Waals surface area contributed by atoms with Gasteiger partial charge in [-0.2, -0.15) is 0 Å². The van der Waals surface area contributed by atoms with Crippen molar-refractivity contribution >= 4 is 0 Å². The van der Waals surface area contributed by atoms with Gasteiger partial charge in [-0.15, -0.1) is 0 Å². The van der Waals surface area contributed by atoms with Gasteiger partial charge in [-0.3, -0.25) is 0 Å². The van der Waals surface area contributed by atoms with E-state index in [9.17, 15) is 10.2 Å². The van der Waals surface area contributed by atoms with E-state index in [0.717, 1.165) is 19.3 Å². The molecule has 14 heavy (non-hydrogen) atoms. The fraction of sp³-hybridized carbons (Fsp3) is 1.00. The molecule has 0 spiro atoms. The van der Waals surface area contributed by atoms with Crippen molar-refractivity contribution in [1.29, 1.82) is 0 Å². The molecule has 0 aromatic rings. The zero-order valence-electron chi connectivity index (χ0n) is 8.32. The van der Waals surface area contributed by atoms with Crippen molar-refractivity contribution in [3.05, 3.63) is 0 Å². The lowest BCUT2D eigenvalue weighted by molar-refractivity contribution is -0.223. The Morgan fingerprint density at radius 1 is 1.29 bits per heavy atom. The number of ether oxygens (including phenoxy) is 2. The Morgan fingerprint density at radius 3 is 2.79 bits per heavy atom. The van der Waals surface area contributed by atoms with Gasteiger partial charge >= 0.3 is 0 Å². The molecule has 2 saturated heterocycles. The second kappa shape index (κ2) is 2.32. The van der Waals surface area contributed by atoms with Crippen LogP contribution >= 0.6 is 0 Å². The maximum absolute atomic E-state index is 10.2. The lowest BCUT2D eigenvalue weighted by Gasteiger charge is -2.37. The molecule has 3 unspecified atom stereocenters. The van der Waals surface area contributed by atoms with Crippen molar-refractivity contribution in [2.24, 2.45) is 10.8 Å². The minimum absolute atomic E-state index is 0.351. The third kappa shape index (κ3) is 0.692. The van der Waals surface area contributed by atoms with E-state index in [0.29, 0.717) is 13.2 Å². The summed E-state index contributed by atoms with van der Waals surface area (Å²) in [6.45, 7) is 2.53. The highest BCUT2D eigenvalue weighted by Gasteiger charge is 2.75. The molecule has 4 heteroatoms. The lowest BCUT2D eigenvalue weighted by Crippen LogP contribution is -2.49. The standard InChI is InChI=1S/C10H16O4/c1-8(12)10-4-2-3-9(10,5-14-8)7(11)13-6-10/h7,11-12H,2-6H2,1H3/t7?,8?,9-,10?/m0/s1. The van der Waals surface area contributed by atoms with Crippen molar-refractivity contribution in [2.75, 3.05) is 13.2 Å². The van der Waals surface area contributed by atoms with E-state index in [1.807, 2.05) is 0 Å². The largest absolute Gasteiger partial charge is 0.367 e. The summed E-state index contributed by atoms with van der Waals surface area (Å²) >= 11 is 0. The fourth-order valence-electron chi connectivity index (χ4n) is 3.67. The van der Waals surface area contributed by atoms with Crippen LogP contribution in [0.2, 0.25) is 0 Å². The van der Waals surface area contributed by atoms with Gasteiger partial charge in [-0.25, -0.2) is 0 Å². The molecule has 80 valence electrons. The number of aliphatic hydroxyl groups is 2. The van der Waals surface area contributed by atoms with Crippen molar-refractivity contribution in [3.8, 4) is 0 Å². The third-order valence-corrected chi connectivity index (χ3v) is 4.64. The Morgan fingerprint density at radius 2 is 2.07 bits per heavy atom. The van der Waals surface area contributed by atoms with Crippen molar-refractivity contribution in [3.63, 3.8) is 0 Å². The Kier molecular flexibility index (Phi) is 1.51. The molecule has 0 aromatic heterocycles. The van der Waals surface area contributed by atoms with E-state index < -0.39 is 12.1 Å². The van der Waals surface area contributed by atoms with Gasteiger partial charge in [0.1, 0.15) is 0 Å². The quantitative estimate of drug-likeness (QED) is 0.587. The number of hydrogen-bond acceptors (Lipinski definition) is 4. The van der Waals surface area contributed by atoms with Crippen LogP contribution in [0.4, 0.5) is 0 Å². The first-order chi connectivity index (χ1) is 6.54. The Hall–Kier alpha value is -0.160. The summed E-state index contributed by atoms with van der Waals surface area (Å²) in [5, 5.41) is 20.1. The van der Waals surface area contributed by atoms with Crippen LogP contribution < -0.4 is 0 Å². The van der Waals surface area contributed by atoms with E-state index in [2.05, 4.69) is 0 Å². The molecule has 4 atom stereocenters. The predicted molar refractivity (Wildman–Crippen MR) is 47.3 cm³/mol. The molecule has 2 heterocycles. The van der Waals surface area contributed by atoms with Crippen molar-refractivity contribution < 1.29 is 19.7 Å². The first-order valence-corrected chi connectivity index (χ1v) is 5.20. The van der Waals surface area contributed by atoms with Gasteiger partial charge in [0.25, 0.3) is 0 Å². The molecule has 0 amide bonds. The molecule has 1 aliphatic carbocycles. The van der Waals surface area contributed by atoms with Crippen LogP contribution in [-0.2, 0) is 9.47 Å². The predicted octanol–water partition coefficient (Wildman–Crippen LogP) is 0.230. The van der Waals surface area contributed by atoms with Crippen molar-refractivity contribution in [1.82, 2.24) is 0 Å². The van der Waals surface area contributed by atoms with Gasteiger partial charge in [0.2, 0.25) is 0 Å². The number of rotatable bonds is 0. The highest BCUT2D eigenvalue weighted by atomic mass is 16.7. The normalized spacial score (nSPS) is 61.5. The molecule has 2 aliphatic heterocycles. The van der Waals surface area contributed by atoms with Crippen LogP contribution in [0.3, 0.4) is 0 Å². The minimum Gasteiger partial charge on any atom is -0.367 e. The van der Waals surface area contributed by atoms with Crippen LogP contribution in [0.5, 0.6) is 0 Å². The highest BCUT2D eigenvalue weighted by molar-refractivity contribution is 5.16. The van der Waals surface area contributed by atoms with E-state index in [4.69, 9.17) is 9.47 Å². The van der Waals surface area contributed by atoms with Crippen LogP contribution in [-0.4, -0.2) is 35.5 Å². The number of hydrogen-bond donors (Lipinski definition) is 2. The molecule has 0 aromatic carbocycles. The maximum atomic E-state index is 10.2. The fourth-order valence-corrected chi connectivity index (χ4v) is 3.67. The van der Waals surface area contributed by atoms with Gasteiger partial charge < -0.3 is 19.7 Å². The smallest absolute Gasteiger partial charge is 0.171 e. The molecule has 1 saturated carbocycles. The molecule has 3 fully saturated rings. The summed E-state index contributed by atoms with van der Waals surface area (Å²) in [7, 11) is 0. The zero-order chi connectivity index (χ0) is 10.0. The van der Waals surface area contributed by atoms with Crippen LogP contribution in [0, 0.1) is 10.8 Å². The van der Waals surface area contributed by atoms with Gasteiger partial charge in [0.05, 0.1) is 24.0 Å². The van der Waals surface area contributed by atoms with Crippen LogP contribution in [0.25, 0.3) is 0 Å². The summed E-state index contributed by atoms with van der Waals surface area (Å²) in [6.07, 6.45) is 2.06. The van der Waals surface area contributed by atoms with Gasteiger partial charge in [0.15, 0.2) is 12.1 Å². The Bertz CT molecular complexity index is 277. The Balaban J connectivity index is 2.13. The lowest BCUT2D eigenvalue weighted by atomic mass is 9.65. The van der Waals surface area contributed by atoms with Crippen molar-refractivity contribution in [2.45, 2.75) is 38.3 Å².